The molecule has 0 aromatic heterocycles. The third-order valence-corrected chi connectivity index (χ3v) is 6.77. The molecule has 5 heteroatoms. The van der Waals surface area contributed by atoms with Crippen LogP contribution in [-0.4, -0.2) is 23.7 Å². The van der Waals surface area contributed by atoms with Gasteiger partial charge in [-0.05, 0) is 78.9 Å². The van der Waals surface area contributed by atoms with Gasteiger partial charge in [0.25, 0.3) is 0 Å². The number of aliphatic hydroxyl groups excluding tert-OH is 1. The molecule has 0 radical (unpaired) electrons. The summed E-state index contributed by atoms with van der Waals surface area (Å²) < 4.78 is 0. The maximum atomic E-state index is 13.0. The van der Waals surface area contributed by atoms with E-state index in [1.807, 2.05) is 38.1 Å². The number of rotatable bonds is 6. The normalized spacial score (nSPS) is 21.1. The molecule has 1 aromatic carbocycles. The molecule has 162 valence electrons. The summed E-state index contributed by atoms with van der Waals surface area (Å²) in [6.45, 7) is 3.98. The fourth-order valence-corrected chi connectivity index (χ4v) is 4.56. The number of carbonyl (C=O) groups excluding carboxylic acids is 1. The topological polar surface area (TPSA) is 49.3 Å². The highest BCUT2D eigenvalue weighted by Gasteiger charge is 2.30. The molecule has 0 aliphatic heterocycles. The Kier molecular flexibility index (Phi) is 8.21. The smallest absolute Gasteiger partial charge is 0.223 e. The van der Waals surface area contributed by atoms with Crippen LogP contribution in [-0.2, 0) is 4.79 Å². The van der Waals surface area contributed by atoms with Crippen LogP contribution in [0.4, 0.5) is 0 Å². The Morgan fingerprint density at radius 2 is 1.83 bits per heavy atom. The summed E-state index contributed by atoms with van der Waals surface area (Å²) in [7, 11) is 0. The van der Waals surface area contributed by atoms with Crippen molar-refractivity contribution in [3.05, 3.63) is 63.2 Å². The van der Waals surface area contributed by atoms with Crippen molar-refractivity contribution in [2.75, 3.05) is 6.61 Å². The van der Waals surface area contributed by atoms with Crippen LogP contribution in [0.5, 0.6) is 0 Å². The van der Waals surface area contributed by atoms with Gasteiger partial charge in [0.15, 0.2) is 0 Å². The van der Waals surface area contributed by atoms with Crippen molar-refractivity contribution in [1.29, 1.82) is 0 Å². The standard InChI is InChI=1S/C25H31Cl2NO2/c1-16(2)24(15-29)28-25(30)19-9-13-22(17-4-3-5-20(26)10-6-17)23(14-19)18-7-11-21(27)12-8-18/h4-5,7-8,11-12,16,19,24,29H,3,6,9-10,13-15H2,1-2H3,(H,28,30)/t19-,24?/m0/s1. The van der Waals surface area contributed by atoms with Crippen molar-refractivity contribution in [3.8, 4) is 0 Å². The number of carbonyl (C=O) groups is 1. The van der Waals surface area contributed by atoms with Crippen LogP contribution in [0.1, 0.15) is 57.9 Å². The molecule has 2 aliphatic rings. The van der Waals surface area contributed by atoms with E-state index >= 15 is 0 Å². The summed E-state index contributed by atoms with van der Waals surface area (Å²) in [5.74, 6) is 0.130. The van der Waals surface area contributed by atoms with Gasteiger partial charge in [0.05, 0.1) is 12.6 Å². The molecule has 0 spiro atoms. The molecule has 1 amide bonds. The van der Waals surface area contributed by atoms with Gasteiger partial charge < -0.3 is 10.4 Å². The summed E-state index contributed by atoms with van der Waals surface area (Å²) in [6.07, 6.45) is 9.37. The summed E-state index contributed by atoms with van der Waals surface area (Å²) in [4.78, 5) is 13.0. The number of halogens is 2. The molecule has 0 saturated carbocycles. The molecule has 0 fully saturated rings. The number of hydrogen-bond acceptors (Lipinski definition) is 2. The quantitative estimate of drug-likeness (QED) is 0.540. The molecule has 1 aromatic rings. The van der Waals surface area contributed by atoms with Crippen LogP contribution in [0, 0.1) is 11.8 Å². The minimum atomic E-state index is -0.209. The molecule has 0 saturated heterocycles. The summed E-state index contributed by atoms with van der Waals surface area (Å²) >= 11 is 12.4. The van der Waals surface area contributed by atoms with Gasteiger partial charge in [-0.1, -0.05) is 61.3 Å². The van der Waals surface area contributed by atoms with Gasteiger partial charge in [-0.2, -0.15) is 0 Å². The van der Waals surface area contributed by atoms with Gasteiger partial charge in [-0.15, -0.1) is 0 Å². The van der Waals surface area contributed by atoms with Gasteiger partial charge >= 0.3 is 0 Å². The average Bonchev–Trinajstić information content (AvgIpc) is 2.96. The lowest BCUT2D eigenvalue weighted by Crippen LogP contribution is -2.44. The Hall–Kier alpha value is -1.55. The molecule has 30 heavy (non-hydrogen) atoms. The lowest BCUT2D eigenvalue weighted by Gasteiger charge is -2.30. The Morgan fingerprint density at radius 3 is 2.50 bits per heavy atom. The third kappa shape index (κ3) is 5.78. The van der Waals surface area contributed by atoms with Gasteiger partial charge in [0.2, 0.25) is 5.91 Å². The van der Waals surface area contributed by atoms with Crippen LogP contribution in [0.25, 0.3) is 5.57 Å². The van der Waals surface area contributed by atoms with Crippen LogP contribution >= 0.6 is 23.2 Å². The first-order valence-corrected chi connectivity index (χ1v) is 11.6. The molecule has 3 nitrogen and oxygen atoms in total. The van der Waals surface area contributed by atoms with E-state index < -0.39 is 0 Å². The van der Waals surface area contributed by atoms with Crippen molar-refractivity contribution < 1.29 is 9.90 Å². The van der Waals surface area contributed by atoms with E-state index in [1.54, 1.807) is 0 Å². The lowest BCUT2D eigenvalue weighted by atomic mass is 9.77. The predicted molar refractivity (Wildman–Crippen MR) is 125 cm³/mol. The zero-order valence-corrected chi connectivity index (χ0v) is 19.3. The van der Waals surface area contributed by atoms with Gasteiger partial charge in [-0.3, -0.25) is 4.79 Å². The molecule has 1 unspecified atom stereocenters. The van der Waals surface area contributed by atoms with Crippen molar-refractivity contribution in [1.82, 2.24) is 5.32 Å². The second-order valence-corrected chi connectivity index (χ2v) is 9.48. The largest absolute Gasteiger partial charge is 0.394 e. The van der Waals surface area contributed by atoms with E-state index in [2.05, 4.69) is 17.5 Å². The maximum absolute atomic E-state index is 13.0. The molecular weight excluding hydrogens is 417 g/mol. The van der Waals surface area contributed by atoms with Gasteiger partial charge in [0, 0.05) is 16.0 Å². The summed E-state index contributed by atoms with van der Waals surface area (Å²) in [6, 6.07) is 7.70. The summed E-state index contributed by atoms with van der Waals surface area (Å²) in [5, 5.41) is 14.3. The minimum absolute atomic E-state index is 0.0350. The van der Waals surface area contributed by atoms with E-state index in [9.17, 15) is 9.90 Å². The molecule has 2 atom stereocenters. The number of allylic oxidation sites excluding steroid dienone is 6. The van der Waals surface area contributed by atoms with Crippen molar-refractivity contribution in [2.24, 2.45) is 11.8 Å². The van der Waals surface area contributed by atoms with E-state index in [0.717, 1.165) is 42.7 Å². The number of hydrogen-bond donors (Lipinski definition) is 2. The Morgan fingerprint density at radius 1 is 1.10 bits per heavy atom. The number of amides is 1. The average molecular weight is 448 g/mol. The number of benzene rings is 1. The van der Waals surface area contributed by atoms with Gasteiger partial charge in [0.1, 0.15) is 0 Å². The van der Waals surface area contributed by atoms with Crippen molar-refractivity contribution >= 4 is 34.7 Å². The Bertz CT molecular complexity index is 852. The van der Waals surface area contributed by atoms with Crippen LogP contribution < -0.4 is 5.32 Å². The fraction of sp³-hybridized carbons (Fsp3) is 0.480. The van der Waals surface area contributed by atoms with Gasteiger partial charge in [-0.25, -0.2) is 0 Å². The van der Waals surface area contributed by atoms with Crippen LogP contribution in [0.2, 0.25) is 5.02 Å². The Balaban J connectivity index is 1.88. The zero-order valence-electron chi connectivity index (χ0n) is 17.8. The highest BCUT2D eigenvalue weighted by molar-refractivity contribution is 6.30. The second kappa shape index (κ2) is 10.7. The number of nitrogens with one attached hydrogen (secondary N) is 1. The van der Waals surface area contributed by atoms with Crippen LogP contribution in [0.3, 0.4) is 0 Å². The first-order valence-electron chi connectivity index (χ1n) is 10.8. The first-order chi connectivity index (χ1) is 14.4. The molecule has 0 heterocycles. The van der Waals surface area contributed by atoms with E-state index in [4.69, 9.17) is 23.2 Å². The monoisotopic (exact) mass is 447 g/mol. The van der Waals surface area contributed by atoms with Crippen molar-refractivity contribution in [3.63, 3.8) is 0 Å². The fourth-order valence-electron chi connectivity index (χ4n) is 4.25. The molecule has 2 N–H and O–H groups in total. The van der Waals surface area contributed by atoms with E-state index in [0.29, 0.717) is 11.4 Å². The summed E-state index contributed by atoms with van der Waals surface area (Å²) in [5.41, 5.74) is 5.05. The molecule has 3 rings (SSSR count). The highest BCUT2D eigenvalue weighted by atomic mass is 35.5. The molecule has 0 bridgehead atoms. The predicted octanol–water partition coefficient (Wildman–Crippen LogP) is 6.26. The first kappa shape index (κ1) is 23.1. The highest BCUT2D eigenvalue weighted by Crippen LogP contribution is 2.41. The second-order valence-electron chi connectivity index (χ2n) is 8.56. The number of aliphatic hydroxyl groups is 1. The molecular formula is C25H31Cl2NO2. The third-order valence-electron chi connectivity index (χ3n) is 6.17. The zero-order chi connectivity index (χ0) is 21.7. The maximum Gasteiger partial charge on any atom is 0.223 e. The SMILES string of the molecule is CC(C)C(CO)NC(=O)[C@H]1CCC(C2=CCC=C(Cl)CC2)=C(c2ccc(Cl)cc2)C1. The van der Waals surface area contributed by atoms with Crippen LogP contribution in [0.15, 0.2) is 52.6 Å². The van der Waals surface area contributed by atoms with E-state index in [1.165, 1.54) is 16.7 Å². The lowest BCUT2D eigenvalue weighted by molar-refractivity contribution is -0.126. The molecule has 2 aliphatic carbocycles. The van der Waals surface area contributed by atoms with Crippen molar-refractivity contribution in [2.45, 2.75) is 58.4 Å². The Labute approximate surface area is 189 Å². The van der Waals surface area contributed by atoms with E-state index in [-0.39, 0.29) is 30.4 Å². The minimum Gasteiger partial charge on any atom is -0.394 e.